The van der Waals surface area contributed by atoms with Gasteiger partial charge < -0.3 is 10.1 Å². The van der Waals surface area contributed by atoms with E-state index in [0.29, 0.717) is 38.6 Å². The minimum absolute atomic E-state index is 0.265. The molecule has 0 fully saturated rings. The van der Waals surface area contributed by atoms with Crippen LogP contribution in [-0.2, 0) is 6.54 Å². The average Bonchev–Trinajstić information content (AvgIpc) is 2.56. The number of nitrogens with zero attached hydrogens (tertiary/aromatic N) is 2. The molecule has 0 atom stereocenters. The van der Waals surface area contributed by atoms with Crippen LogP contribution in [0.25, 0.3) is 10.8 Å². The maximum atomic E-state index is 6.14. The Kier molecular flexibility index (Phi) is 5.21. The van der Waals surface area contributed by atoms with Crippen LogP contribution in [0, 0.1) is 0 Å². The first kappa shape index (κ1) is 17.4. The zero-order chi connectivity index (χ0) is 17.3. The van der Waals surface area contributed by atoms with Gasteiger partial charge in [-0.05, 0) is 29.8 Å². The van der Waals surface area contributed by atoms with Gasteiger partial charge in [-0.1, -0.05) is 52.5 Å². The van der Waals surface area contributed by atoms with Gasteiger partial charge in [0, 0.05) is 17.3 Å². The molecule has 0 aliphatic rings. The standard InChI is InChI=1S/C16H11Cl4N3O/c1-24-14-3-2-8(4-13(14)19)7-21-16-10-6-12(18)11(17)5-9(10)15(20)22-23-16/h2-6H,7H2,1H3,(H,21,23). The number of aromatic nitrogens is 2. The number of nitrogens with one attached hydrogen (secondary N) is 1. The van der Waals surface area contributed by atoms with E-state index in [1.165, 1.54) is 0 Å². The van der Waals surface area contributed by atoms with Gasteiger partial charge in [0.1, 0.15) is 5.75 Å². The maximum Gasteiger partial charge on any atom is 0.159 e. The molecule has 8 heteroatoms. The van der Waals surface area contributed by atoms with Crippen molar-refractivity contribution < 1.29 is 4.74 Å². The highest BCUT2D eigenvalue weighted by Gasteiger charge is 2.11. The molecule has 0 unspecified atom stereocenters. The predicted molar refractivity (Wildman–Crippen MR) is 99.9 cm³/mol. The van der Waals surface area contributed by atoms with Crippen molar-refractivity contribution in [3.8, 4) is 5.75 Å². The first-order valence-corrected chi connectivity index (χ1v) is 8.38. The summed E-state index contributed by atoms with van der Waals surface area (Å²) in [5.74, 6) is 1.18. The summed E-state index contributed by atoms with van der Waals surface area (Å²) < 4.78 is 5.14. The van der Waals surface area contributed by atoms with Crippen molar-refractivity contribution in [3.63, 3.8) is 0 Å². The zero-order valence-corrected chi connectivity index (χ0v) is 15.4. The fourth-order valence-corrected chi connectivity index (χ4v) is 3.05. The summed E-state index contributed by atoms with van der Waals surface area (Å²) in [7, 11) is 1.57. The van der Waals surface area contributed by atoms with Crippen LogP contribution in [0.4, 0.5) is 5.82 Å². The second-order valence-corrected chi connectivity index (χ2v) is 6.55. The molecule has 1 N–H and O–H groups in total. The van der Waals surface area contributed by atoms with Crippen LogP contribution in [0.3, 0.4) is 0 Å². The number of hydrogen-bond acceptors (Lipinski definition) is 4. The van der Waals surface area contributed by atoms with E-state index in [2.05, 4.69) is 15.5 Å². The van der Waals surface area contributed by atoms with Gasteiger partial charge in [0.2, 0.25) is 0 Å². The number of benzene rings is 2. The molecule has 3 aromatic rings. The molecule has 124 valence electrons. The molecule has 2 aromatic carbocycles. The fourth-order valence-electron chi connectivity index (χ4n) is 2.25. The Morgan fingerprint density at radius 1 is 0.917 bits per heavy atom. The lowest BCUT2D eigenvalue weighted by molar-refractivity contribution is 0.415. The molecule has 1 aromatic heterocycles. The van der Waals surface area contributed by atoms with E-state index in [0.717, 1.165) is 10.9 Å². The van der Waals surface area contributed by atoms with Gasteiger partial charge in [0.15, 0.2) is 11.0 Å². The highest BCUT2D eigenvalue weighted by atomic mass is 35.5. The largest absolute Gasteiger partial charge is 0.495 e. The third kappa shape index (κ3) is 3.47. The fraction of sp³-hybridized carbons (Fsp3) is 0.125. The Bertz CT molecular complexity index is 917. The molecule has 4 nitrogen and oxygen atoms in total. The average molecular weight is 403 g/mol. The molecule has 1 heterocycles. The molecule has 0 aliphatic carbocycles. The van der Waals surface area contributed by atoms with Crippen molar-refractivity contribution in [3.05, 3.63) is 56.1 Å². The van der Waals surface area contributed by atoms with E-state index >= 15 is 0 Å². The Morgan fingerprint density at radius 3 is 2.29 bits per heavy atom. The summed E-state index contributed by atoms with van der Waals surface area (Å²) in [4.78, 5) is 0. The van der Waals surface area contributed by atoms with Crippen LogP contribution in [-0.4, -0.2) is 17.3 Å². The highest BCUT2D eigenvalue weighted by molar-refractivity contribution is 6.43. The second kappa shape index (κ2) is 7.19. The lowest BCUT2D eigenvalue weighted by Gasteiger charge is -2.11. The first-order chi connectivity index (χ1) is 11.5. The number of halogens is 4. The SMILES string of the molecule is COc1ccc(CNc2nnc(Cl)c3cc(Cl)c(Cl)cc23)cc1Cl. The van der Waals surface area contributed by atoms with Crippen LogP contribution < -0.4 is 10.1 Å². The van der Waals surface area contributed by atoms with Crippen LogP contribution in [0.1, 0.15) is 5.56 Å². The van der Waals surface area contributed by atoms with Crippen molar-refractivity contribution in [2.75, 3.05) is 12.4 Å². The van der Waals surface area contributed by atoms with Crippen molar-refractivity contribution in [1.29, 1.82) is 0 Å². The number of ether oxygens (including phenoxy) is 1. The van der Waals surface area contributed by atoms with Gasteiger partial charge in [-0.2, -0.15) is 0 Å². The minimum atomic E-state index is 0.265. The van der Waals surface area contributed by atoms with E-state index in [1.54, 1.807) is 19.2 Å². The number of hydrogen-bond donors (Lipinski definition) is 1. The first-order valence-electron chi connectivity index (χ1n) is 6.87. The van der Waals surface area contributed by atoms with E-state index < -0.39 is 0 Å². The number of rotatable bonds is 4. The van der Waals surface area contributed by atoms with Gasteiger partial charge >= 0.3 is 0 Å². The van der Waals surface area contributed by atoms with Crippen LogP contribution in [0.15, 0.2) is 30.3 Å². The normalized spacial score (nSPS) is 10.9. The Labute approximate surface area is 158 Å². The summed E-state index contributed by atoms with van der Waals surface area (Å²) in [6.07, 6.45) is 0. The van der Waals surface area contributed by atoms with Crippen LogP contribution in [0.5, 0.6) is 5.75 Å². The molecular formula is C16H11Cl4N3O. The minimum Gasteiger partial charge on any atom is -0.495 e. The van der Waals surface area contributed by atoms with Gasteiger partial charge in [-0.15, -0.1) is 10.2 Å². The van der Waals surface area contributed by atoms with Gasteiger partial charge in [-0.25, -0.2) is 0 Å². The van der Waals surface area contributed by atoms with Crippen molar-refractivity contribution >= 4 is 63.0 Å². The molecule has 24 heavy (non-hydrogen) atoms. The van der Waals surface area contributed by atoms with Crippen molar-refractivity contribution in [2.24, 2.45) is 0 Å². The van der Waals surface area contributed by atoms with Gasteiger partial charge in [0.05, 0.1) is 22.2 Å². The van der Waals surface area contributed by atoms with Gasteiger partial charge in [-0.3, -0.25) is 0 Å². The molecule has 0 amide bonds. The number of methoxy groups -OCH3 is 1. The Hall–Kier alpha value is -1.46. The molecule has 0 bridgehead atoms. The zero-order valence-electron chi connectivity index (χ0n) is 12.4. The number of anilines is 1. The lowest BCUT2D eigenvalue weighted by atomic mass is 10.1. The predicted octanol–water partition coefficient (Wildman–Crippen LogP) is 5.86. The third-order valence-electron chi connectivity index (χ3n) is 3.45. The summed E-state index contributed by atoms with van der Waals surface area (Å²) in [5.41, 5.74) is 0.964. The quantitative estimate of drug-likeness (QED) is 0.593. The van der Waals surface area contributed by atoms with E-state index in [1.807, 2.05) is 18.2 Å². The molecule has 3 rings (SSSR count). The van der Waals surface area contributed by atoms with E-state index in [4.69, 9.17) is 51.1 Å². The highest BCUT2D eigenvalue weighted by Crippen LogP contribution is 2.34. The second-order valence-electron chi connectivity index (χ2n) is 4.97. The van der Waals surface area contributed by atoms with Crippen LogP contribution >= 0.6 is 46.4 Å². The molecule has 0 saturated heterocycles. The van der Waals surface area contributed by atoms with Gasteiger partial charge in [0.25, 0.3) is 0 Å². The lowest BCUT2D eigenvalue weighted by Crippen LogP contribution is -2.04. The van der Waals surface area contributed by atoms with E-state index in [-0.39, 0.29) is 5.15 Å². The topological polar surface area (TPSA) is 47.0 Å². The molecule has 0 saturated carbocycles. The number of fused-ring (bicyclic) bond motifs is 1. The van der Waals surface area contributed by atoms with Crippen molar-refractivity contribution in [1.82, 2.24) is 10.2 Å². The van der Waals surface area contributed by atoms with Crippen molar-refractivity contribution in [2.45, 2.75) is 6.54 Å². The third-order valence-corrected chi connectivity index (χ3v) is 4.75. The Balaban J connectivity index is 1.92. The van der Waals surface area contributed by atoms with E-state index in [9.17, 15) is 0 Å². The monoisotopic (exact) mass is 401 g/mol. The molecule has 0 radical (unpaired) electrons. The molecular weight excluding hydrogens is 392 g/mol. The molecule has 0 aliphatic heterocycles. The smallest absolute Gasteiger partial charge is 0.159 e. The Morgan fingerprint density at radius 2 is 1.62 bits per heavy atom. The summed E-state index contributed by atoms with van der Waals surface area (Å²) in [5, 5.41) is 14.3. The van der Waals surface area contributed by atoms with Crippen LogP contribution in [0.2, 0.25) is 20.2 Å². The molecule has 0 spiro atoms. The summed E-state index contributed by atoms with van der Waals surface area (Å²) in [6.45, 7) is 0.495. The maximum absolute atomic E-state index is 6.14. The summed E-state index contributed by atoms with van der Waals surface area (Å²) >= 11 is 24.4. The summed E-state index contributed by atoms with van der Waals surface area (Å²) in [6, 6.07) is 8.92.